The van der Waals surface area contributed by atoms with Crippen molar-refractivity contribution in [3.05, 3.63) is 35.9 Å². The first-order valence-electron chi connectivity index (χ1n) is 12.1. The minimum absolute atomic E-state index is 0.0489. The number of carbonyl (C=O) groups excluding carboxylic acids is 3. The average molecular weight is 475 g/mol. The highest BCUT2D eigenvalue weighted by molar-refractivity contribution is 5.91. The fourth-order valence-electron chi connectivity index (χ4n) is 4.29. The first-order valence-corrected chi connectivity index (χ1v) is 12.1. The third-order valence-electron chi connectivity index (χ3n) is 6.80. The predicted octanol–water partition coefficient (Wildman–Crippen LogP) is 3.04. The van der Waals surface area contributed by atoms with Crippen molar-refractivity contribution in [3.63, 3.8) is 0 Å². The van der Waals surface area contributed by atoms with Crippen LogP contribution in [0.3, 0.4) is 0 Å². The molecule has 0 aliphatic heterocycles. The molecule has 2 N–H and O–H groups in total. The molecule has 0 fully saturated rings. The molecule has 0 aliphatic carbocycles. The van der Waals surface area contributed by atoms with Crippen LogP contribution in [0.1, 0.15) is 61.0 Å². The Morgan fingerprint density at radius 2 is 1.47 bits per heavy atom. The van der Waals surface area contributed by atoms with Crippen molar-refractivity contribution < 1.29 is 14.4 Å². The smallest absolute Gasteiger partial charge is 0.245 e. The number of amides is 3. The monoisotopic (exact) mass is 474 g/mol. The normalized spacial score (nSPS) is 14.8. The summed E-state index contributed by atoms with van der Waals surface area (Å²) in [6.45, 7) is 15.9. The zero-order valence-corrected chi connectivity index (χ0v) is 23.0. The van der Waals surface area contributed by atoms with Crippen LogP contribution in [-0.2, 0) is 19.8 Å². The summed E-state index contributed by atoms with van der Waals surface area (Å²) in [7, 11) is 5.26. The van der Waals surface area contributed by atoms with E-state index in [-0.39, 0.29) is 29.7 Å². The van der Waals surface area contributed by atoms with Gasteiger partial charge in [-0.05, 0) is 23.9 Å². The lowest BCUT2D eigenvalue weighted by molar-refractivity contribution is -0.143. The van der Waals surface area contributed by atoms with E-state index in [1.807, 2.05) is 78.8 Å². The van der Waals surface area contributed by atoms with Crippen LogP contribution < -0.4 is 10.6 Å². The van der Waals surface area contributed by atoms with Gasteiger partial charge in [-0.3, -0.25) is 14.4 Å². The molecule has 0 radical (unpaired) electrons. The van der Waals surface area contributed by atoms with Crippen LogP contribution >= 0.6 is 0 Å². The van der Waals surface area contributed by atoms with Crippen LogP contribution in [0.2, 0.25) is 0 Å². The molecule has 7 nitrogen and oxygen atoms in total. The molecule has 0 saturated carbocycles. The summed E-state index contributed by atoms with van der Waals surface area (Å²) in [6.07, 6.45) is 0. The molecule has 192 valence electrons. The van der Waals surface area contributed by atoms with Crippen LogP contribution in [0, 0.1) is 11.3 Å². The van der Waals surface area contributed by atoms with E-state index in [0.717, 1.165) is 5.56 Å². The summed E-state index contributed by atoms with van der Waals surface area (Å²) in [5, 5.41) is 6.23. The molecule has 1 unspecified atom stereocenters. The van der Waals surface area contributed by atoms with Gasteiger partial charge in [0.15, 0.2) is 0 Å². The summed E-state index contributed by atoms with van der Waals surface area (Å²) in [5.41, 5.74) is 0.0270. The van der Waals surface area contributed by atoms with E-state index in [1.165, 1.54) is 6.92 Å². The lowest BCUT2D eigenvalue weighted by Gasteiger charge is -2.41. The van der Waals surface area contributed by atoms with Crippen molar-refractivity contribution in [3.8, 4) is 0 Å². The maximum absolute atomic E-state index is 13.7. The molecular formula is C27H46N4O3. The second-order valence-electron chi connectivity index (χ2n) is 11.3. The predicted molar refractivity (Wildman–Crippen MR) is 138 cm³/mol. The number of carbonyl (C=O) groups is 3. The van der Waals surface area contributed by atoms with Crippen molar-refractivity contribution in [1.82, 2.24) is 20.4 Å². The molecule has 0 saturated heterocycles. The van der Waals surface area contributed by atoms with Crippen LogP contribution in [-0.4, -0.2) is 73.3 Å². The number of likely N-dealkylation sites (N-methyl/N-ethyl adjacent to an activating group) is 3. The van der Waals surface area contributed by atoms with E-state index >= 15 is 0 Å². The van der Waals surface area contributed by atoms with Gasteiger partial charge in [0.05, 0.1) is 12.1 Å². The van der Waals surface area contributed by atoms with Gasteiger partial charge in [-0.15, -0.1) is 0 Å². The Kier molecular flexibility index (Phi) is 10.3. The molecular weight excluding hydrogens is 428 g/mol. The van der Waals surface area contributed by atoms with E-state index in [4.69, 9.17) is 0 Å². The van der Waals surface area contributed by atoms with Gasteiger partial charge in [0, 0.05) is 33.0 Å². The molecule has 0 aliphatic rings. The van der Waals surface area contributed by atoms with Gasteiger partial charge in [0.1, 0.15) is 6.04 Å². The van der Waals surface area contributed by atoms with Crippen molar-refractivity contribution >= 4 is 17.7 Å². The highest BCUT2D eigenvalue weighted by atomic mass is 16.2. The van der Waals surface area contributed by atoms with Crippen LogP contribution in [0.4, 0.5) is 0 Å². The Balaban J connectivity index is 3.22. The minimum atomic E-state index is -0.726. The Hall–Kier alpha value is -2.41. The first kappa shape index (κ1) is 29.6. The first-order chi connectivity index (χ1) is 15.5. The lowest BCUT2D eigenvalue weighted by atomic mass is 9.76. The van der Waals surface area contributed by atoms with Crippen molar-refractivity contribution in [1.29, 1.82) is 0 Å². The van der Waals surface area contributed by atoms with Gasteiger partial charge in [0.2, 0.25) is 17.7 Å². The fraction of sp³-hybridized carbons (Fsp3) is 0.667. The average Bonchev–Trinajstić information content (AvgIpc) is 2.74. The standard InChI is InChI=1S/C27H46N4O3/c1-18(2)21(17-30(10)19(3)32)31(11)25(34)23(26(4,5)6)29-24(33)22(28-9)27(7,8)20-15-13-12-14-16-20/h12-16,18,21-23,28H,17H2,1-11H3,(H,29,33)/t21-,22-,23?/m1/s1. The second-order valence-corrected chi connectivity index (χ2v) is 11.3. The third kappa shape index (κ3) is 7.29. The number of nitrogens with zero attached hydrogens (tertiary/aromatic N) is 2. The summed E-state index contributed by atoms with van der Waals surface area (Å²) < 4.78 is 0. The molecule has 3 amide bonds. The van der Waals surface area contributed by atoms with Crippen molar-refractivity contribution in [2.45, 2.75) is 78.9 Å². The van der Waals surface area contributed by atoms with Crippen molar-refractivity contribution in [2.24, 2.45) is 11.3 Å². The number of hydrogen-bond donors (Lipinski definition) is 2. The molecule has 1 rings (SSSR count). The second kappa shape index (κ2) is 11.8. The SMILES string of the molecule is CN[C@H](C(=O)NC(C(=O)N(C)[C@H](CN(C)C(C)=O)C(C)C)C(C)(C)C)C(C)(C)c1ccccc1. The van der Waals surface area contributed by atoms with Crippen LogP contribution in [0.15, 0.2) is 30.3 Å². The van der Waals surface area contributed by atoms with Gasteiger partial charge in [-0.25, -0.2) is 0 Å². The zero-order chi connectivity index (χ0) is 26.4. The maximum atomic E-state index is 13.7. The van der Waals surface area contributed by atoms with E-state index in [0.29, 0.717) is 6.54 Å². The number of nitrogens with one attached hydrogen (secondary N) is 2. The quantitative estimate of drug-likeness (QED) is 0.546. The van der Waals surface area contributed by atoms with E-state index in [2.05, 4.69) is 10.6 Å². The topological polar surface area (TPSA) is 81.8 Å². The number of rotatable bonds is 10. The highest BCUT2D eigenvalue weighted by Crippen LogP contribution is 2.29. The molecule has 0 aromatic heterocycles. The fourth-order valence-corrected chi connectivity index (χ4v) is 4.29. The van der Waals surface area contributed by atoms with Gasteiger partial charge < -0.3 is 20.4 Å². The van der Waals surface area contributed by atoms with E-state index < -0.39 is 22.9 Å². The Morgan fingerprint density at radius 3 is 1.88 bits per heavy atom. The van der Waals surface area contributed by atoms with Crippen LogP contribution in [0.25, 0.3) is 0 Å². The molecule has 7 heteroatoms. The van der Waals surface area contributed by atoms with Gasteiger partial charge in [-0.2, -0.15) is 0 Å². The largest absolute Gasteiger partial charge is 0.344 e. The molecule has 0 spiro atoms. The highest BCUT2D eigenvalue weighted by Gasteiger charge is 2.41. The van der Waals surface area contributed by atoms with Gasteiger partial charge >= 0.3 is 0 Å². The van der Waals surface area contributed by atoms with Gasteiger partial charge in [-0.1, -0.05) is 78.8 Å². The molecule has 0 bridgehead atoms. The van der Waals surface area contributed by atoms with E-state index in [1.54, 1.807) is 30.9 Å². The third-order valence-corrected chi connectivity index (χ3v) is 6.80. The van der Waals surface area contributed by atoms with Gasteiger partial charge in [0.25, 0.3) is 0 Å². The summed E-state index contributed by atoms with van der Waals surface area (Å²) in [5.74, 6) is -0.301. The lowest BCUT2D eigenvalue weighted by Crippen LogP contribution is -2.62. The summed E-state index contributed by atoms with van der Waals surface area (Å²) >= 11 is 0. The molecule has 1 aromatic carbocycles. The Bertz CT molecular complexity index is 830. The molecule has 34 heavy (non-hydrogen) atoms. The maximum Gasteiger partial charge on any atom is 0.245 e. The van der Waals surface area contributed by atoms with Crippen molar-refractivity contribution in [2.75, 3.05) is 27.7 Å². The minimum Gasteiger partial charge on any atom is -0.344 e. The molecule has 3 atom stereocenters. The van der Waals surface area contributed by atoms with Crippen LogP contribution in [0.5, 0.6) is 0 Å². The van der Waals surface area contributed by atoms with E-state index in [9.17, 15) is 14.4 Å². The number of hydrogen-bond acceptors (Lipinski definition) is 4. The zero-order valence-electron chi connectivity index (χ0n) is 23.0. The molecule has 0 heterocycles. The number of benzene rings is 1. The molecule has 1 aromatic rings. The Labute approximate surface area is 206 Å². The summed E-state index contributed by atoms with van der Waals surface area (Å²) in [4.78, 5) is 42.4. The Morgan fingerprint density at radius 1 is 0.941 bits per heavy atom. The summed E-state index contributed by atoms with van der Waals surface area (Å²) in [6, 6.07) is 8.45.